The van der Waals surface area contributed by atoms with Gasteiger partial charge in [0.05, 0.1) is 10.6 Å². The average Bonchev–Trinajstić information content (AvgIpc) is 2.60. The first-order valence-corrected chi connectivity index (χ1v) is 8.74. The zero-order valence-electron chi connectivity index (χ0n) is 14.1. The standard InChI is InChI=1S/C18H19ClF3N3S/c1-25(14-6-3-2-4-7-14)11-5-10-23-17(26)24-13-8-9-16(19)15(12-13)18(20,21)22/h2-4,6-9,12H,5,10-11H2,1H3,(H2,23,24,26). The molecule has 8 heteroatoms. The average molecular weight is 402 g/mol. The van der Waals surface area contributed by atoms with Crippen LogP contribution in [0.15, 0.2) is 48.5 Å². The van der Waals surface area contributed by atoms with Crippen molar-refractivity contribution in [2.24, 2.45) is 0 Å². The Labute approximate surface area is 161 Å². The fraction of sp³-hybridized carbons (Fsp3) is 0.278. The summed E-state index contributed by atoms with van der Waals surface area (Å²) in [5.74, 6) is 0. The summed E-state index contributed by atoms with van der Waals surface area (Å²) in [7, 11) is 2.00. The molecule has 2 aromatic carbocycles. The Morgan fingerprint density at radius 1 is 1.15 bits per heavy atom. The lowest BCUT2D eigenvalue weighted by Crippen LogP contribution is -2.31. The second-order valence-electron chi connectivity index (χ2n) is 5.68. The van der Waals surface area contributed by atoms with Crippen LogP contribution in [0.5, 0.6) is 0 Å². The van der Waals surface area contributed by atoms with Gasteiger partial charge in [0.2, 0.25) is 0 Å². The van der Waals surface area contributed by atoms with Crippen molar-refractivity contribution < 1.29 is 13.2 Å². The van der Waals surface area contributed by atoms with Gasteiger partial charge in [-0.1, -0.05) is 29.8 Å². The van der Waals surface area contributed by atoms with Gasteiger partial charge in [0, 0.05) is 31.5 Å². The van der Waals surface area contributed by atoms with Crippen LogP contribution in [0, 0.1) is 0 Å². The quantitative estimate of drug-likeness (QED) is 0.515. The van der Waals surface area contributed by atoms with E-state index in [2.05, 4.69) is 15.5 Å². The summed E-state index contributed by atoms with van der Waals surface area (Å²) in [5, 5.41) is 5.66. The number of alkyl halides is 3. The highest BCUT2D eigenvalue weighted by Gasteiger charge is 2.33. The van der Waals surface area contributed by atoms with Crippen molar-refractivity contribution in [3.63, 3.8) is 0 Å². The first-order valence-electron chi connectivity index (χ1n) is 7.95. The van der Waals surface area contributed by atoms with Gasteiger partial charge in [0.15, 0.2) is 5.11 Å². The Morgan fingerprint density at radius 2 is 1.85 bits per heavy atom. The normalized spacial score (nSPS) is 11.1. The SMILES string of the molecule is CN(CCCNC(=S)Nc1ccc(Cl)c(C(F)(F)F)c1)c1ccccc1. The largest absolute Gasteiger partial charge is 0.417 e. The lowest BCUT2D eigenvalue weighted by atomic mass is 10.2. The lowest BCUT2D eigenvalue weighted by molar-refractivity contribution is -0.137. The molecule has 0 amide bonds. The van der Waals surface area contributed by atoms with Crippen LogP contribution in [0.2, 0.25) is 5.02 Å². The first-order chi connectivity index (χ1) is 12.3. The number of hydrogen-bond donors (Lipinski definition) is 2. The fourth-order valence-electron chi connectivity index (χ4n) is 2.33. The molecule has 3 nitrogen and oxygen atoms in total. The number of para-hydroxylation sites is 1. The smallest absolute Gasteiger partial charge is 0.375 e. The van der Waals surface area contributed by atoms with Crippen LogP contribution in [0.1, 0.15) is 12.0 Å². The summed E-state index contributed by atoms with van der Waals surface area (Å²) in [6.45, 7) is 1.42. The molecule has 26 heavy (non-hydrogen) atoms. The van der Waals surface area contributed by atoms with E-state index in [1.165, 1.54) is 12.1 Å². The molecule has 0 fully saturated rings. The summed E-state index contributed by atoms with van der Waals surface area (Å²) in [6, 6.07) is 13.6. The van der Waals surface area contributed by atoms with Gasteiger partial charge in [-0.25, -0.2) is 0 Å². The van der Waals surface area contributed by atoms with Crippen molar-refractivity contribution in [1.82, 2.24) is 5.32 Å². The van der Waals surface area contributed by atoms with E-state index in [1.54, 1.807) is 0 Å². The number of thiocarbonyl (C=S) groups is 1. The van der Waals surface area contributed by atoms with Gasteiger partial charge in [-0.2, -0.15) is 13.2 Å². The maximum absolute atomic E-state index is 12.9. The maximum atomic E-state index is 12.9. The van der Waals surface area contributed by atoms with Gasteiger partial charge in [0.25, 0.3) is 0 Å². The van der Waals surface area contributed by atoms with Gasteiger partial charge in [-0.05, 0) is 49.0 Å². The van der Waals surface area contributed by atoms with Crippen LogP contribution in [0.25, 0.3) is 0 Å². The fourth-order valence-corrected chi connectivity index (χ4v) is 2.77. The van der Waals surface area contributed by atoms with Crippen molar-refractivity contribution in [2.45, 2.75) is 12.6 Å². The molecule has 0 unspecified atom stereocenters. The topological polar surface area (TPSA) is 27.3 Å². The predicted molar refractivity (Wildman–Crippen MR) is 105 cm³/mol. The lowest BCUT2D eigenvalue weighted by Gasteiger charge is -2.19. The molecule has 0 aromatic heterocycles. The van der Waals surface area contributed by atoms with Gasteiger partial charge in [-0.15, -0.1) is 0 Å². The van der Waals surface area contributed by atoms with E-state index in [1.807, 2.05) is 37.4 Å². The van der Waals surface area contributed by atoms with E-state index in [9.17, 15) is 13.2 Å². The third-order valence-electron chi connectivity index (χ3n) is 3.68. The minimum absolute atomic E-state index is 0.237. The van der Waals surface area contributed by atoms with Gasteiger partial charge in [0.1, 0.15) is 0 Å². The van der Waals surface area contributed by atoms with E-state index in [-0.39, 0.29) is 15.8 Å². The maximum Gasteiger partial charge on any atom is 0.417 e. The van der Waals surface area contributed by atoms with Crippen molar-refractivity contribution in [3.05, 3.63) is 59.1 Å². The number of halogens is 4. The zero-order chi connectivity index (χ0) is 19.2. The van der Waals surface area contributed by atoms with Crippen LogP contribution in [0.4, 0.5) is 24.5 Å². The van der Waals surface area contributed by atoms with Crippen molar-refractivity contribution in [1.29, 1.82) is 0 Å². The molecule has 2 aromatic rings. The summed E-state index contributed by atoms with van der Waals surface area (Å²) >= 11 is 10.7. The Kier molecular flexibility index (Phi) is 7.11. The second-order valence-corrected chi connectivity index (χ2v) is 6.50. The highest BCUT2D eigenvalue weighted by molar-refractivity contribution is 7.80. The highest BCUT2D eigenvalue weighted by atomic mass is 35.5. The molecule has 2 rings (SSSR count). The minimum atomic E-state index is -4.51. The van der Waals surface area contributed by atoms with Gasteiger partial charge >= 0.3 is 6.18 Å². The Bertz CT molecular complexity index is 738. The summed E-state index contributed by atoms with van der Waals surface area (Å²) in [5.41, 5.74) is 0.464. The Morgan fingerprint density at radius 3 is 2.50 bits per heavy atom. The number of anilines is 2. The summed E-state index contributed by atoms with van der Waals surface area (Å²) in [4.78, 5) is 2.12. The van der Waals surface area contributed by atoms with E-state index in [0.29, 0.717) is 6.54 Å². The minimum Gasteiger partial charge on any atom is -0.375 e. The number of nitrogens with one attached hydrogen (secondary N) is 2. The molecule has 0 aliphatic rings. The molecule has 140 valence electrons. The number of benzene rings is 2. The molecule has 2 N–H and O–H groups in total. The van der Waals surface area contributed by atoms with Crippen LogP contribution >= 0.6 is 23.8 Å². The molecule has 0 aliphatic heterocycles. The molecule has 0 spiro atoms. The van der Waals surface area contributed by atoms with Gasteiger partial charge < -0.3 is 15.5 Å². The Hall–Kier alpha value is -1.99. The predicted octanol–water partition coefficient (Wildman–Crippen LogP) is 5.17. The van der Waals surface area contributed by atoms with Crippen molar-refractivity contribution in [3.8, 4) is 0 Å². The van der Waals surface area contributed by atoms with E-state index >= 15 is 0 Å². The molecule has 0 radical (unpaired) electrons. The number of rotatable bonds is 6. The molecule has 0 saturated carbocycles. The zero-order valence-corrected chi connectivity index (χ0v) is 15.7. The van der Waals surface area contributed by atoms with Gasteiger partial charge in [-0.3, -0.25) is 0 Å². The third kappa shape index (κ3) is 6.07. The number of nitrogens with zero attached hydrogens (tertiary/aromatic N) is 1. The van der Waals surface area contributed by atoms with Crippen LogP contribution in [-0.2, 0) is 6.18 Å². The summed E-state index contributed by atoms with van der Waals surface area (Å²) < 4.78 is 38.6. The van der Waals surface area contributed by atoms with Crippen LogP contribution in [0.3, 0.4) is 0 Å². The van der Waals surface area contributed by atoms with E-state index in [4.69, 9.17) is 23.8 Å². The first kappa shape index (κ1) is 20.3. The molecule has 0 heterocycles. The molecule has 0 saturated heterocycles. The monoisotopic (exact) mass is 401 g/mol. The molecular formula is C18H19ClF3N3S. The van der Waals surface area contributed by atoms with Crippen molar-refractivity contribution in [2.75, 3.05) is 30.4 Å². The molecule has 0 aliphatic carbocycles. The third-order valence-corrected chi connectivity index (χ3v) is 4.26. The van der Waals surface area contributed by atoms with Crippen LogP contribution in [-0.4, -0.2) is 25.2 Å². The van der Waals surface area contributed by atoms with Crippen LogP contribution < -0.4 is 15.5 Å². The van der Waals surface area contributed by atoms with Crippen molar-refractivity contribution >= 4 is 40.3 Å². The molecule has 0 bridgehead atoms. The summed E-state index contributed by atoms with van der Waals surface area (Å²) in [6.07, 6.45) is -3.69. The Balaban J connectivity index is 1.79. The van der Waals surface area contributed by atoms with E-state index < -0.39 is 11.7 Å². The highest BCUT2D eigenvalue weighted by Crippen LogP contribution is 2.36. The molecule has 0 atom stereocenters. The number of hydrogen-bond acceptors (Lipinski definition) is 2. The molecular weight excluding hydrogens is 383 g/mol. The second kappa shape index (κ2) is 9.09. The van der Waals surface area contributed by atoms with E-state index in [0.717, 1.165) is 24.7 Å².